The summed E-state index contributed by atoms with van der Waals surface area (Å²) < 4.78 is 14.2. The molecule has 0 spiro atoms. The summed E-state index contributed by atoms with van der Waals surface area (Å²) in [5, 5.41) is 2.64. The minimum absolute atomic E-state index is 0.0810. The molecule has 1 amide bonds. The zero-order valence-electron chi connectivity index (χ0n) is 11.4. The molecule has 1 fully saturated rings. The van der Waals surface area contributed by atoms with Gasteiger partial charge in [-0.05, 0) is 37.5 Å². The van der Waals surface area contributed by atoms with E-state index in [1.54, 1.807) is 19.2 Å². The maximum Gasteiger partial charge on any atom is 0.242 e. The number of nitrogens with one attached hydrogen (secondary N) is 1. The van der Waals surface area contributed by atoms with Gasteiger partial charge in [-0.2, -0.15) is 0 Å². The van der Waals surface area contributed by atoms with Gasteiger partial charge in [0.25, 0.3) is 0 Å². The van der Waals surface area contributed by atoms with Gasteiger partial charge < -0.3 is 16.0 Å². The molecule has 0 radical (unpaired) electrons. The van der Waals surface area contributed by atoms with E-state index in [0.29, 0.717) is 17.8 Å². The normalized spacial score (nSPS) is 18.7. The van der Waals surface area contributed by atoms with E-state index in [1.807, 2.05) is 4.90 Å². The molecule has 1 atom stereocenters. The zero-order valence-corrected chi connectivity index (χ0v) is 12.2. The molecule has 1 aromatic carbocycles. The van der Waals surface area contributed by atoms with Gasteiger partial charge in [-0.1, -0.05) is 12.2 Å². The largest absolute Gasteiger partial charge is 0.389 e. The highest BCUT2D eigenvalue weighted by atomic mass is 32.1. The first-order valence-electron chi connectivity index (χ1n) is 6.62. The standard InChI is InChI=1S/C14H18FN3OS/c1-17-14(19)12-4-2-3-7-18(12)11-6-5-9(13(16)20)8-10(11)15/h5-6,8,12H,2-4,7H2,1H3,(H2,16,20)(H,17,19). The highest BCUT2D eigenvalue weighted by Gasteiger charge is 2.29. The van der Waals surface area contributed by atoms with Gasteiger partial charge in [0, 0.05) is 19.2 Å². The summed E-state index contributed by atoms with van der Waals surface area (Å²) in [6.07, 6.45) is 2.65. The fourth-order valence-corrected chi connectivity index (χ4v) is 2.68. The van der Waals surface area contributed by atoms with Crippen LogP contribution in [-0.2, 0) is 4.79 Å². The molecule has 3 N–H and O–H groups in total. The molecule has 1 saturated heterocycles. The maximum absolute atomic E-state index is 14.2. The molecule has 20 heavy (non-hydrogen) atoms. The molecule has 1 aromatic rings. The van der Waals surface area contributed by atoms with Crippen molar-refractivity contribution in [2.24, 2.45) is 5.73 Å². The van der Waals surface area contributed by atoms with E-state index < -0.39 is 5.82 Å². The van der Waals surface area contributed by atoms with Crippen LogP contribution in [0, 0.1) is 5.82 Å². The summed E-state index contributed by atoms with van der Waals surface area (Å²) in [5.74, 6) is -0.478. The summed E-state index contributed by atoms with van der Waals surface area (Å²) in [7, 11) is 1.60. The first kappa shape index (κ1) is 14.7. The van der Waals surface area contributed by atoms with Gasteiger partial charge in [0.1, 0.15) is 16.8 Å². The summed E-state index contributed by atoms with van der Waals surface area (Å²) in [4.78, 5) is 13.9. The third-order valence-electron chi connectivity index (χ3n) is 3.59. The number of thiocarbonyl (C=S) groups is 1. The van der Waals surface area contributed by atoms with Crippen LogP contribution in [-0.4, -0.2) is 30.5 Å². The van der Waals surface area contributed by atoms with E-state index in [9.17, 15) is 9.18 Å². The number of halogens is 1. The summed E-state index contributed by atoms with van der Waals surface area (Å²) in [6.45, 7) is 0.668. The van der Waals surface area contributed by atoms with Crippen LogP contribution >= 0.6 is 12.2 Å². The van der Waals surface area contributed by atoms with Crippen LogP contribution in [0.15, 0.2) is 18.2 Å². The summed E-state index contributed by atoms with van der Waals surface area (Å²) in [6, 6.07) is 4.34. The number of carbonyl (C=O) groups excluding carboxylic acids is 1. The monoisotopic (exact) mass is 295 g/mol. The van der Waals surface area contributed by atoms with Crippen LogP contribution in [0.25, 0.3) is 0 Å². The van der Waals surface area contributed by atoms with E-state index in [2.05, 4.69) is 5.32 Å². The lowest BCUT2D eigenvalue weighted by Gasteiger charge is -2.36. The van der Waals surface area contributed by atoms with Gasteiger partial charge in [0.2, 0.25) is 5.91 Å². The third kappa shape index (κ3) is 2.90. The van der Waals surface area contributed by atoms with E-state index in [4.69, 9.17) is 18.0 Å². The Bertz CT molecular complexity index is 535. The molecule has 0 aromatic heterocycles. The molecule has 1 aliphatic heterocycles. The lowest BCUT2D eigenvalue weighted by Crippen LogP contribution is -2.49. The minimum atomic E-state index is -0.397. The minimum Gasteiger partial charge on any atom is -0.389 e. The molecule has 1 heterocycles. The number of carbonyl (C=O) groups is 1. The average molecular weight is 295 g/mol. The van der Waals surface area contributed by atoms with Crippen molar-refractivity contribution in [2.45, 2.75) is 25.3 Å². The SMILES string of the molecule is CNC(=O)C1CCCCN1c1ccc(C(N)=S)cc1F. The van der Waals surface area contributed by atoms with Crippen molar-refractivity contribution in [1.29, 1.82) is 0 Å². The lowest BCUT2D eigenvalue weighted by molar-refractivity contribution is -0.122. The molecule has 1 unspecified atom stereocenters. The second-order valence-electron chi connectivity index (χ2n) is 4.85. The first-order chi connectivity index (χ1) is 9.54. The predicted octanol–water partition coefficient (Wildman–Crippen LogP) is 1.56. The van der Waals surface area contributed by atoms with Gasteiger partial charge >= 0.3 is 0 Å². The quantitative estimate of drug-likeness (QED) is 0.831. The number of piperidine rings is 1. The molecule has 0 saturated carbocycles. The molecular formula is C14H18FN3OS. The van der Waals surface area contributed by atoms with E-state index >= 15 is 0 Å². The third-order valence-corrected chi connectivity index (χ3v) is 3.83. The van der Waals surface area contributed by atoms with Crippen LogP contribution in [0.2, 0.25) is 0 Å². The number of hydrogen-bond donors (Lipinski definition) is 2. The van der Waals surface area contributed by atoms with Crippen LogP contribution in [0.3, 0.4) is 0 Å². The van der Waals surface area contributed by atoms with Gasteiger partial charge in [-0.3, -0.25) is 4.79 Å². The Labute approximate surface area is 123 Å². The van der Waals surface area contributed by atoms with Crippen molar-refractivity contribution in [1.82, 2.24) is 5.32 Å². The Hall–Kier alpha value is -1.69. The predicted molar refractivity (Wildman–Crippen MR) is 81.3 cm³/mol. The highest BCUT2D eigenvalue weighted by Crippen LogP contribution is 2.28. The molecule has 4 nitrogen and oxygen atoms in total. The van der Waals surface area contributed by atoms with Crippen LogP contribution in [0.4, 0.5) is 10.1 Å². The van der Waals surface area contributed by atoms with Crippen molar-refractivity contribution in [3.8, 4) is 0 Å². The number of amides is 1. The second kappa shape index (κ2) is 6.17. The second-order valence-corrected chi connectivity index (χ2v) is 5.29. The number of benzene rings is 1. The number of likely N-dealkylation sites (N-methyl/N-ethyl adjacent to an activating group) is 1. The van der Waals surface area contributed by atoms with Crippen molar-refractivity contribution >= 4 is 28.8 Å². The van der Waals surface area contributed by atoms with Gasteiger partial charge in [0.05, 0.1) is 5.69 Å². The number of hydrogen-bond acceptors (Lipinski definition) is 3. The highest BCUT2D eigenvalue weighted by molar-refractivity contribution is 7.80. The molecule has 0 aliphatic carbocycles. The first-order valence-corrected chi connectivity index (χ1v) is 7.03. The molecule has 6 heteroatoms. The smallest absolute Gasteiger partial charge is 0.242 e. The molecule has 1 aliphatic rings. The van der Waals surface area contributed by atoms with Crippen molar-refractivity contribution in [3.05, 3.63) is 29.6 Å². The van der Waals surface area contributed by atoms with Gasteiger partial charge in [0.15, 0.2) is 0 Å². The zero-order chi connectivity index (χ0) is 14.7. The number of nitrogens with two attached hydrogens (primary N) is 1. The number of nitrogens with zero attached hydrogens (tertiary/aromatic N) is 1. The maximum atomic E-state index is 14.2. The number of anilines is 1. The Morgan fingerprint density at radius 1 is 1.50 bits per heavy atom. The summed E-state index contributed by atoms with van der Waals surface area (Å²) >= 11 is 4.84. The van der Waals surface area contributed by atoms with Crippen LogP contribution < -0.4 is 16.0 Å². The summed E-state index contributed by atoms with van der Waals surface area (Å²) in [5.41, 5.74) is 6.42. The van der Waals surface area contributed by atoms with Gasteiger partial charge in [-0.25, -0.2) is 4.39 Å². The fourth-order valence-electron chi connectivity index (χ4n) is 2.55. The number of rotatable bonds is 3. The van der Waals surface area contributed by atoms with E-state index in [-0.39, 0.29) is 16.9 Å². The Morgan fingerprint density at radius 3 is 2.85 bits per heavy atom. The lowest BCUT2D eigenvalue weighted by atomic mass is 10.00. The fraction of sp³-hybridized carbons (Fsp3) is 0.429. The van der Waals surface area contributed by atoms with Crippen LogP contribution in [0.5, 0.6) is 0 Å². The van der Waals surface area contributed by atoms with Gasteiger partial charge in [-0.15, -0.1) is 0 Å². The molecule has 2 rings (SSSR count). The Morgan fingerprint density at radius 2 is 2.25 bits per heavy atom. The van der Waals surface area contributed by atoms with E-state index in [0.717, 1.165) is 19.3 Å². The van der Waals surface area contributed by atoms with Crippen molar-refractivity contribution in [2.75, 3.05) is 18.5 Å². The Kier molecular flexibility index (Phi) is 4.54. The average Bonchev–Trinajstić information content (AvgIpc) is 2.46. The molecule has 0 bridgehead atoms. The van der Waals surface area contributed by atoms with Crippen molar-refractivity contribution < 1.29 is 9.18 Å². The van der Waals surface area contributed by atoms with E-state index in [1.165, 1.54) is 6.07 Å². The van der Waals surface area contributed by atoms with Crippen molar-refractivity contribution in [3.63, 3.8) is 0 Å². The molecular weight excluding hydrogens is 277 g/mol. The topological polar surface area (TPSA) is 58.4 Å². The van der Waals surface area contributed by atoms with Crippen LogP contribution in [0.1, 0.15) is 24.8 Å². The molecule has 108 valence electrons. The Balaban J connectivity index is 2.32.